The molecule has 0 unspecified atom stereocenters. The van der Waals surface area contributed by atoms with Crippen LogP contribution in [0.4, 0.5) is 5.69 Å². The average Bonchev–Trinajstić information content (AvgIpc) is 3.22. The Labute approximate surface area is 183 Å². The van der Waals surface area contributed by atoms with Crippen molar-refractivity contribution in [2.24, 2.45) is 5.73 Å². The summed E-state index contributed by atoms with van der Waals surface area (Å²) in [4.78, 5) is 10.6. The molecule has 0 fully saturated rings. The summed E-state index contributed by atoms with van der Waals surface area (Å²) in [6.07, 6.45) is 0. The molecule has 10 heteroatoms. The Balaban J connectivity index is 1.87. The zero-order valence-electron chi connectivity index (χ0n) is 17.3. The Morgan fingerprint density at radius 3 is 2.66 bits per heavy atom. The fraction of sp³-hybridized carbons (Fsp3) is 0.182. The van der Waals surface area contributed by atoms with Gasteiger partial charge in [0.2, 0.25) is 11.8 Å². The van der Waals surface area contributed by atoms with E-state index in [1.807, 2.05) is 13.0 Å². The number of nitrogens with zero attached hydrogens (tertiary/aromatic N) is 3. The van der Waals surface area contributed by atoms with Crippen LogP contribution in [0.25, 0.3) is 11.3 Å². The van der Waals surface area contributed by atoms with E-state index >= 15 is 0 Å². The van der Waals surface area contributed by atoms with Crippen LogP contribution in [0.1, 0.15) is 24.0 Å². The monoisotopic (exact) mass is 433 g/mol. The third-order valence-electron chi connectivity index (χ3n) is 5.13. The number of nitro groups is 1. The van der Waals surface area contributed by atoms with Crippen molar-refractivity contribution in [1.82, 2.24) is 10.2 Å². The molecule has 1 aromatic heterocycles. The van der Waals surface area contributed by atoms with E-state index in [4.69, 9.17) is 19.9 Å². The van der Waals surface area contributed by atoms with Gasteiger partial charge in [-0.15, -0.1) is 5.10 Å². The number of methoxy groups -OCH3 is 1. The van der Waals surface area contributed by atoms with E-state index in [0.717, 1.165) is 5.56 Å². The summed E-state index contributed by atoms with van der Waals surface area (Å²) in [7, 11) is 1.55. The fourth-order valence-corrected chi connectivity index (χ4v) is 3.68. The normalized spacial score (nSPS) is 14.8. The number of aromatic nitrogens is 2. The lowest BCUT2D eigenvalue weighted by Gasteiger charge is -2.24. The van der Waals surface area contributed by atoms with Crippen molar-refractivity contribution in [2.75, 3.05) is 13.7 Å². The molecular formula is C22H19N5O5. The maximum atomic E-state index is 11.1. The molecule has 162 valence electrons. The zero-order chi connectivity index (χ0) is 22.8. The van der Waals surface area contributed by atoms with Gasteiger partial charge in [0.1, 0.15) is 11.6 Å². The lowest BCUT2D eigenvalue weighted by molar-refractivity contribution is -0.384. The molecule has 2 aromatic carbocycles. The number of aromatic amines is 1. The first-order valence-electron chi connectivity index (χ1n) is 9.69. The summed E-state index contributed by atoms with van der Waals surface area (Å²) in [6, 6.07) is 13.5. The Bertz CT molecular complexity index is 1260. The molecule has 0 bridgehead atoms. The first-order valence-corrected chi connectivity index (χ1v) is 9.69. The number of hydrogen-bond acceptors (Lipinski definition) is 8. The van der Waals surface area contributed by atoms with E-state index in [1.165, 1.54) is 12.1 Å². The van der Waals surface area contributed by atoms with Gasteiger partial charge in [-0.05, 0) is 30.7 Å². The Morgan fingerprint density at radius 2 is 2.03 bits per heavy atom. The smallest absolute Gasteiger partial charge is 0.269 e. The Morgan fingerprint density at radius 1 is 1.28 bits per heavy atom. The number of allylic oxidation sites excluding steroid dienone is 1. The van der Waals surface area contributed by atoms with Crippen molar-refractivity contribution in [2.45, 2.75) is 12.8 Å². The van der Waals surface area contributed by atoms with Crippen LogP contribution < -0.4 is 19.9 Å². The molecule has 0 aliphatic carbocycles. The summed E-state index contributed by atoms with van der Waals surface area (Å²) in [5, 5.41) is 28.0. The number of rotatable bonds is 6. The van der Waals surface area contributed by atoms with E-state index in [0.29, 0.717) is 34.9 Å². The molecule has 4 rings (SSSR count). The third kappa shape index (κ3) is 3.45. The summed E-state index contributed by atoms with van der Waals surface area (Å²) in [6.45, 7) is 2.37. The van der Waals surface area contributed by atoms with Gasteiger partial charge in [0.05, 0.1) is 35.8 Å². The Hall–Kier alpha value is -4.52. The van der Waals surface area contributed by atoms with Crippen molar-refractivity contribution in [3.63, 3.8) is 0 Å². The summed E-state index contributed by atoms with van der Waals surface area (Å²) in [5.41, 5.74) is 8.69. The largest absolute Gasteiger partial charge is 0.493 e. The van der Waals surface area contributed by atoms with E-state index in [2.05, 4.69) is 16.3 Å². The molecule has 0 saturated heterocycles. The highest BCUT2D eigenvalue weighted by molar-refractivity contribution is 5.73. The number of nitro benzene ring substituents is 1. The number of fused-ring (bicyclic) bond motifs is 1. The number of non-ortho nitro benzene ring substituents is 1. The van der Waals surface area contributed by atoms with Crippen LogP contribution in [0.2, 0.25) is 0 Å². The average molecular weight is 433 g/mol. The molecule has 0 saturated carbocycles. The molecule has 1 aliphatic heterocycles. The fourth-order valence-electron chi connectivity index (χ4n) is 3.68. The van der Waals surface area contributed by atoms with Gasteiger partial charge in [0.25, 0.3) is 5.69 Å². The highest BCUT2D eigenvalue weighted by Crippen LogP contribution is 2.46. The van der Waals surface area contributed by atoms with E-state index < -0.39 is 10.8 Å². The first-order chi connectivity index (χ1) is 15.5. The number of nitriles is 1. The molecular weight excluding hydrogens is 414 g/mol. The molecule has 32 heavy (non-hydrogen) atoms. The van der Waals surface area contributed by atoms with Gasteiger partial charge in [-0.3, -0.25) is 15.2 Å². The first kappa shape index (κ1) is 20.7. The number of hydrogen-bond donors (Lipinski definition) is 2. The van der Waals surface area contributed by atoms with Crippen LogP contribution in [0.15, 0.2) is 53.9 Å². The Kier molecular flexibility index (Phi) is 5.39. The van der Waals surface area contributed by atoms with Gasteiger partial charge in [0, 0.05) is 17.7 Å². The highest BCUT2D eigenvalue weighted by Gasteiger charge is 2.36. The second kappa shape index (κ2) is 8.31. The lowest BCUT2D eigenvalue weighted by atomic mass is 9.83. The van der Waals surface area contributed by atoms with Gasteiger partial charge in [-0.25, -0.2) is 0 Å². The van der Waals surface area contributed by atoms with E-state index in [1.54, 1.807) is 31.4 Å². The minimum Gasteiger partial charge on any atom is -0.493 e. The van der Waals surface area contributed by atoms with E-state index in [9.17, 15) is 15.4 Å². The maximum Gasteiger partial charge on any atom is 0.269 e. The van der Waals surface area contributed by atoms with Gasteiger partial charge in [-0.1, -0.05) is 12.1 Å². The second-order valence-corrected chi connectivity index (χ2v) is 6.89. The third-order valence-corrected chi connectivity index (χ3v) is 5.13. The molecule has 1 aliphatic rings. The number of benzene rings is 2. The van der Waals surface area contributed by atoms with Gasteiger partial charge >= 0.3 is 0 Å². The zero-order valence-corrected chi connectivity index (χ0v) is 17.3. The molecule has 3 aromatic rings. The maximum absolute atomic E-state index is 11.1. The van der Waals surface area contributed by atoms with Crippen LogP contribution in [-0.4, -0.2) is 28.8 Å². The molecule has 0 amide bonds. The van der Waals surface area contributed by atoms with Crippen molar-refractivity contribution in [3.05, 3.63) is 75.2 Å². The molecule has 1 atom stereocenters. The number of H-pyrrole nitrogens is 1. The minimum atomic E-state index is -0.629. The quantitative estimate of drug-likeness (QED) is 0.442. The van der Waals surface area contributed by atoms with Gasteiger partial charge in [0.15, 0.2) is 11.5 Å². The number of nitrogens with two attached hydrogens (primary N) is 1. The molecule has 2 heterocycles. The SMILES string of the molecule is CCOc1ccc(-c2[nH]nc3c2[C@H](c2ccc([N+](=O)[O-])cc2)C(C#N)=C(N)O3)cc1OC. The van der Waals surface area contributed by atoms with Gasteiger partial charge < -0.3 is 19.9 Å². The summed E-state index contributed by atoms with van der Waals surface area (Å²) >= 11 is 0. The summed E-state index contributed by atoms with van der Waals surface area (Å²) in [5.74, 6) is 0.665. The standard InChI is InChI=1S/C22H19N5O5/c1-3-31-16-9-6-13(10-17(16)30-2)20-19-18(12-4-7-14(8-5-12)27(28)29)15(11-23)21(24)32-22(19)26-25-20/h4-10,18H,3,24H2,1-2H3,(H,25,26)/t18-/m1/s1. The topological polar surface area (TPSA) is 149 Å². The van der Waals surface area contributed by atoms with Crippen LogP contribution >= 0.6 is 0 Å². The summed E-state index contributed by atoms with van der Waals surface area (Å²) < 4.78 is 16.6. The van der Waals surface area contributed by atoms with Crippen molar-refractivity contribution < 1.29 is 19.1 Å². The molecule has 0 radical (unpaired) electrons. The molecule has 10 nitrogen and oxygen atoms in total. The second-order valence-electron chi connectivity index (χ2n) is 6.89. The van der Waals surface area contributed by atoms with Crippen molar-refractivity contribution in [1.29, 1.82) is 5.26 Å². The number of ether oxygens (including phenoxy) is 3. The number of nitrogens with one attached hydrogen (secondary N) is 1. The van der Waals surface area contributed by atoms with Crippen LogP contribution in [0.5, 0.6) is 17.4 Å². The highest BCUT2D eigenvalue weighted by atomic mass is 16.6. The van der Waals surface area contributed by atoms with Crippen molar-refractivity contribution >= 4 is 5.69 Å². The van der Waals surface area contributed by atoms with Crippen LogP contribution in [0, 0.1) is 21.4 Å². The van der Waals surface area contributed by atoms with E-state index in [-0.39, 0.29) is 23.0 Å². The van der Waals surface area contributed by atoms with Gasteiger partial charge in [-0.2, -0.15) is 5.26 Å². The minimum absolute atomic E-state index is 0.0554. The van der Waals surface area contributed by atoms with Crippen LogP contribution in [-0.2, 0) is 0 Å². The molecule has 3 N–H and O–H groups in total. The predicted octanol–water partition coefficient (Wildman–Crippen LogP) is 3.61. The van der Waals surface area contributed by atoms with Crippen LogP contribution in [0.3, 0.4) is 0 Å². The molecule has 0 spiro atoms. The lowest BCUT2D eigenvalue weighted by Crippen LogP contribution is -2.21. The van der Waals surface area contributed by atoms with Crippen molar-refractivity contribution in [3.8, 4) is 34.7 Å². The predicted molar refractivity (Wildman–Crippen MR) is 114 cm³/mol.